The molecule has 120 valence electrons. The number of carboxylic acid groups (broad SMARTS) is 1. The van der Waals surface area contributed by atoms with Gasteiger partial charge in [0.25, 0.3) is 5.91 Å². The average Bonchev–Trinajstić information content (AvgIpc) is 3.15. The Morgan fingerprint density at radius 3 is 2.55 bits per heavy atom. The molecule has 0 spiro atoms. The third-order valence-corrected chi connectivity index (χ3v) is 4.88. The highest BCUT2D eigenvalue weighted by molar-refractivity contribution is 6.09. The molecule has 0 aromatic heterocycles. The summed E-state index contributed by atoms with van der Waals surface area (Å²) >= 11 is 0. The van der Waals surface area contributed by atoms with Gasteiger partial charge in [-0.05, 0) is 32.1 Å². The van der Waals surface area contributed by atoms with Crippen molar-refractivity contribution in [3.8, 4) is 0 Å². The van der Waals surface area contributed by atoms with Crippen LogP contribution in [0.5, 0.6) is 0 Å². The number of hydrogen-bond donors (Lipinski definition) is 2. The molecule has 3 aliphatic rings. The molecule has 1 aliphatic carbocycles. The number of aliphatic carboxylic acids is 1. The van der Waals surface area contributed by atoms with Crippen LogP contribution in [0.15, 0.2) is 0 Å². The number of rotatable bonds is 4. The largest absolute Gasteiger partial charge is 0.481 e. The summed E-state index contributed by atoms with van der Waals surface area (Å²) in [5, 5.41) is 11.6. The predicted molar refractivity (Wildman–Crippen MR) is 73.7 cm³/mol. The van der Waals surface area contributed by atoms with Gasteiger partial charge >= 0.3 is 12.0 Å². The van der Waals surface area contributed by atoms with Crippen LogP contribution in [0.3, 0.4) is 0 Å². The molecule has 0 aromatic rings. The van der Waals surface area contributed by atoms with E-state index in [1.165, 1.54) is 4.90 Å². The fourth-order valence-corrected chi connectivity index (χ4v) is 3.22. The van der Waals surface area contributed by atoms with Gasteiger partial charge in [0.1, 0.15) is 12.1 Å². The second kappa shape index (κ2) is 4.96. The lowest BCUT2D eigenvalue weighted by Crippen LogP contribution is -2.47. The number of imide groups is 1. The number of carbonyl (C=O) groups excluding carboxylic acids is 3. The minimum absolute atomic E-state index is 0.137. The molecular weight excluding hydrogens is 290 g/mol. The van der Waals surface area contributed by atoms with Gasteiger partial charge in [-0.3, -0.25) is 19.3 Å². The van der Waals surface area contributed by atoms with E-state index in [0.717, 1.165) is 17.7 Å². The molecule has 1 saturated carbocycles. The monoisotopic (exact) mass is 309 g/mol. The Balaban J connectivity index is 1.63. The minimum Gasteiger partial charge on any atom is -0.481 e. The number of amides is 4. The van der Waals surface area contributed by atoms with Gasteiger partial charge in [0.15, 0.2) is 0 Å². The van der Waals surface area contributed by atoms with E-state index in [2.05, 4.69) is 5.32 Å². The first-order valence-corrected chi connectivity index (χ1v) is 7.47. The summed E-state index contributed by atoms with van der Waals surface area (Å²) in [5.41, 5.74) is -0.897. The van der Waals surface area contributed by atoms with E-state index in [1.807, 2.05) is 0 Å². The molecular formula is C14H19N3O5. The number of urea groups is 1. The molecule has 8 nitrogen and oxygen atoms in total. The van der Waals surface area contributed by atoms with Crippen molar-refractivity contribution in [3.63, 3.8) is 0 Å². The average molecular weight is 309 g/mol. The maximum absolute atomic E-state index is 12.4. The molecule has 8 heteroatoms. The van der Waals surface area contributed by atoms with Crippen LogP contribution in [0.1, 0.15) is 26.2 Å². The number of nitrogens with one attached hydrogen (secondary N) is 1. The van der Waals surface area contributed by atoms with Crippen LogP contribution >= 0.6 is 0 Å². The van der Waals surface area contributed by atoms with E-state index in [1.54, 1.807) is 6.92 Å². The highest BCUT2D eigenvalue weighted by Crippen LogP contribution is 2.42. The third-order valence-electron chi connectivity index (χ3n) is 4.88. The van der Waals surface area contributed by atoms with Crippen LogP contribution in [-0.2, 0) is 14.4 Å². The fourth-order valence-electron chi connectivity index (χ4n) is 3.22. The van der Waals surface area contributed by atoms with Crippen LogP contribution in [0.2, 0.25) is 0 Å². The van der Waals surface area contributed by atoms with Gasteiger partial charge in [-0.25, -0.2) is 4.79 Å². The Morgan fingerprint density at radius 1 is 1.32 bits per heavy atom. The normalized spacial score (nSPS) is 31.6. The smallest absolute Gasteiger partial charge is 0.325 e. The Labute approximate surface area is 127 Å². The first-order chi connectivity index (χ1) is 10.3. The summed E-state index contributed by atoms with van der Waals surface area (Å²) in [6, 6.07) is -0.540. The molecule has 2 saturated heterocycles. The minimum atomic E-state index is -0.924. The molecule has 2 aliphatic heterocycles. The third kappa shape index (κ3) is 2.32. The molecule has 0 unspecified atom stereocenters. The van der Waals surface area contributed by atoms with Crippen LogP contribution in [0, 0.1) is 11.8 Å². The molecule has 0 aromatic carbocycles. The summed E-state index contributed by atoms with van der Waals surface area (Å²) in [7, 11) is 0. The molecule has 3 fully saturated rings. The van der Waals surface area contributed by atoms with Crippen molar-refractivity contribution in [1.29, 1.82) is 0 Å². The molecule has 2 N–H and O–H groups in total. The van der Waals surface area contributed by atoms with Crippen molar-refractivity contribution >= 4 is 23.8 Å². The van der Waals surface area contributed by atoms with E-state index in [4.69, 9.17) is 5.11 Å². The van der Waals surface area contributed by atoms with Crippen LogP contribution < -0.4 is 5.32 Å². The van der Waals surface area contributed by atoms with Crippen molar-refractivity contribution in [2.45, 2.75) is 31.7 Å². The van der Waals surface area contributed by atoms with E-state index >= 15 is 0 Å². The standard InChI is InChI=1S/C14H19N3O5/c1-14(9-2-3-9)12(21)17(13(22)15-14)7-10(18)16-5-4-8(6-16)11(19)20/h8-9H,2-7H2,1H3,(H,15,22)(H,19,20)/t8-,14-/m1/s1. The van der Waals surface area contributed by atoms with Gasteiger partial charge in [0, 0.05) is 13.1 Å². The van der Waals surface area contributed by atoms with Gasteiger partial charge in [-0.2, -0.15) is 0 Å². The molecule has 2 heterocycles. The van der Waals surface area contributed by atoms with Crippen LogP contribution in [0.4, 0.5) is 4.79 Å². The second-order valence-electron chi connectivity index (χ2n) is 6.46. The first kappa shape index (κ1) is 14.8. The number of nitrogens with zero attached hydrogens (tertiary/aromatic N) is 2. The topological polar surface area (TPSA) is 107 Å². The van der Waals surface area contributed by atoms with Crippen molar-refractivity contribution in [1.82, 2.24) is 15.1 Å². The fraction of sp³-hybridized carbons (Fsp3) is 0.714. The highest BCUT2D eigenvalue weighted by atomic mass is 16.4. The molecule has 0 radical (unpaired) electrons. The molecule has 22 heavy (non-hydrogen) atoms. The second-order valence-corrected chi connectivity index (χ2v) is 6.46. The van der Waals surface area contributed by atoms with Gasteiger partial charge in [0.2, 0.25) is 5.91 Å². The summed E-state index contributed by atoms with van der Waals surface area (Å²) in [6.07, 6.45) is 2.20. The van der Waals surface area contributed by atoms with Crippen molar-refractivity contribution in [2.75, 3.05) is 19.6 Å². The summed E-state index contributed by atoms with van der Waals surface area (Å²) in [6.45, 7) is 1.86. The maximum atomic E-state index is 12.4. The van der Waals surface area contributed by atoms with E-state index in [9.17, 15) is 19.2 Å². The molecule has 0 bridgehead atoms. The van der Waals surface area contributed by atoms with Crippen molar-refractivity contribution in [3.05, 3.63) is 0 Å². The highest BCUT2D eigenvalue weighted by Gasteiger charge is 2.56. The zero-order valence-electron chi connectivity index (χ0n) is 12.4. The van der Waals surface area contributed by atoms with E-state index < -0.39 is 23.5 Å². The van der Waals surface area contributed by atoms with Gasteiger partial charge in [0.05, 0.1) is 5.92 Å². The number of hydrogen-bond acceptors (Lipinski definition) is 4. The van der Waals surface area contributed by atoms with E-state index in [-0.39, 0.29) is 30.8 Å². The number of carboxylic acids is 1. The Morgan fingerprint density at radius 2 is 2.00 bits per heavy atom. The summed E-state index contributed by atoms with van der Waals surface area (Å²) in [5.74, 6) is -2.09. The lowest BCUT2D eigenvalue weighted by molar-refractivity contribution is -0.142. The van der Waals surface area contributed by atoms with Crippen LogP contribution in [0.25, 0.3) is 0 Å². The zero-order chi connectivity index (χ0) is 16.1. The van der Waals surface area contributed by atoms with Gasteiger partial charge in [-0.15, -0.1) is 0 Å². The zero-order valence-corrected chi connectivity index (χ0v) is 12.4. The molecule has 2 atom stereocenters. The summed E-state index contributed by atoms with van der Waals surface area (Å²) < 4.78 is 0. The Bertz CT molecular complexity index is 559. The Hall–Kier alpha value is -2.12. The lowest BCUT2D eigenvalue weighted by atomic mass is 9.96. The van der Waals surface area contributed by atoms with E-state index in [0.29, 0.717) is 13.0 Å². The first-order valence-electron chi connectivity index (χ1n) is 7.47. The number of likely N-dealkylation sites (tertiary alicyclic amines) is 1. The SMILES string of the molecule is C[C@]1(C2CC2)NC(=O)N(CC(=O)N2CC[C@@H](C(=O)O)C2)C1=O. The number of carbonyl (C=O) groups is 4. The van der Waals surface area contributed by atoms with Gasteiger partial charge in [-0.1, -0.05) is 0 Å². The lowest BCUT2D eigenvalue weighted by Gasteiger charge is -2.22. The maximum Gasteiger partial charge on any atom is 0.325 e. The van der Waals surface area contributed by atoms with Crippen LogP contribution in [-0.4, -0.2) is 63.9 Å². The van der Waals surface area contributed by atoms with Gasteiger partial charge < -0.3 is 15.3 Å². The predicted octanol–water partition coefficient (Wildman–Crippen LogP) is -0.360. The molecule has 4 amide bonds. The summed E-state index contributed by atoms with van der Waals surface area (Å²) in [4.78, 5) is 49.9. The Kier molecular flexibility index (Phi) is 3.34. The van der Waals surface area contributed by atoms with Crippen molar-refractivity contribution < 1.29 is 24.3 Å². The molecule has 3 rings (SSSR count). The quantitative estimate of drug-likeness (QED) is 0.690. The van der Waals surface area contributed by atoms with Crippen molar-refractivity contribution in [2.24, 2.45) is 11.8 Å².